The largest absolute Gasteiger partial charge is 0.507 e. The number of hydrogen-bond donors (Lipinski definition) is 2. The number of pyridine rings is 1. The molecular weight excluding hydrogens is 410 g/mol. The molecule has 0 aliphatic heterocycles. The van der Waals surface area contributed by atoms with Crippen LogP contribution in [-0.4, -0.2) is 55.2 Å². The molecule has 0 radical (unpaired) electrons. The lowest BCUT2D eigenvalue weighted by Gasteiger charge is -2.22. The maximum atomic E-state index is 13.2. The van der Waals surface area contributed by atoms with Gasteiger partial charge < -0.3 is 33.7 Å². The number of nitrogens with zero attached hydrogens (tertiary/aromatic N) is 1. The molecule has 0 aliphatic carbocycles. The molecule has 0 saturated heterocycles. The van der Waals surface area contributed by atoms with Crippen molar-refractivity contribution in [2.75, 3.05) is 28.4 Å². The van der Waals surface area contributed by atoms with Gasteiger partial charge in [0.2, 0.25) is 5.75 Å². The number of ether oxygens (including phenoxy) is 4. The highest BCUT2D eigenvalue weighted by Crippen LogP contribution is 2.43. The Morgan fingerprint density at radius 3 is 2.06 bits per heavy atom. The Bertz CT molecular complexity index is 1020. The Morgan fingerprint density at radius 2 is 1.61 bits per heavy atom. The first-order valence-corrected chi connectivity index (χ1v) is 9.20. The van der Waals surface area contributed by atoms with E-state index < -0.39 is 30.0 Å². The van der Waals surface area contributed by atoms with Crippen LogP contribution in [0.2, 0.25) is 0 Å². The fourth-order valence-electron chi connectivity index (χ4n) is 3.37. The molecule has 0 fully saturated rings. The third-order valence-corrected chi connectivity index (χ3v) is 4.85. The van der Waals surface area contributed by atoms with E-state index in [0.29, 0.717) is 11.3 Å². The topological polar surface area (TPSA) is 134 Å². The van der Waals surface area contributed by atoms with Crippen molar-refractivity contribution in [3.63, 3.8) is 0 Å². The van der Waals surface area contributed by atoms with Crippen LogP contribution < -0.4 is 19.8 Å². The Morgan fingerprint density at radius 1 is 1.03 bits per heavy atom. The molecule has 10 nitrogen and oxygen atoms in total. The zero-order valence-electron chi connectivity index (χ0n) is 17.9. The number of hydrogen-bond acceptors (Lipinski definition) is 8. The molecule has 2 rings (SSSR count). The number of carbonyl (C=O) groups excluding carboxylic acids is 1. The number of rotatable bonds is 9. The second-order valence-corrected chi connectivity index (χ2v) is 6.66. The first-order chi connectivity index (χ1) is 14.7. The first-order valence-electron chi connectivity index (χ1n) is 9.20. The fraction of sp³-hybridized carbons (Fsp3) is 0.381. The van der Waals surface area contributed by atoms with Crippen molar-refractivity contribution in [3.8, 4) is 23.0 Å². The van der Waals surface area contributed by atoms with Crippen molar-refractivity contribution in [2.45, 2.75) is 25.8 Å². The van der Waals surface area contributed by atoms with Crippen LogP contribution in [0.1, 0.15) is 29.2 Å². The average Bonchev–Trinajstić information content (AvgIpc) is 2.74. The number of carboxylic acids is 1. The number of aromatic nitrogens is 1. The third-order valence-electron chi connectivity index (χ3n) is 4.85. The van der Waals surface area contributed by atoms with Gasteiger partial charge in [-0.15, -0.1) is 0 Å². The number of aliphatic carboxylic acids is 1. The quantitative estimate of drug-likeness (QED) is 0.564. The normalized spacial score (nSPS) is 11.5. The highest BCUT2D eigenvalue weighted by atomic mass is 16.5. The summed E-state index contributed by atoms with van der Waals surface area (Å²) in [6, 6.07) is 4.38. The molecule has 1 atom stereocenters. The van der Waals surface area contributed by atoms with Gasteiger partial charge in [-0.2, -0.15) is 0 Å². The van der Waals surface area contributed by atoms with Crippen LogP contribution in [0.4, 0.5) is 0 Å². The number of esters is 1. The summed E-state index contributed by atoms with van der Waals surface area (Å²) < 4.78 is 21.8. The van der Waals surface area contributed by atoms with E-state index in [2.05, 4.69) is 0 Å². The molecule has 31 heavy (non-hydrogen) atoms. The SMILES string of the molecule is COC(=O)CC(c1cc(OC)c(OC)c(OC)c1)c1c(O)cc(C)n(CC(=O)O)c1=O. The minimum atomic E-state index is -1.22. The number of aryl methyl sites for hydroxylation is 1. The highest BCUT2D eigenvalue weighted by Gasteiger charge is 2.29. The van der Waals surface area contributed by atoms with E-state index >= 15 is 0 Å². The number of benzene rings is 1. The first kappa shape index (κ1) is 23.6. The summed E-state index contributed by atoms with van der Waals surface area (Å²) in [5.74, 6) is -2.33. The molecule has 2 N–H and O–H groups in total. The van der Waals surface area contributed by atoms with Gasteiger partial charge in [-0.25, -0.2) is 0 Å². The lowest BCUT2D eigenvalue weighted by atomic mass is 9.87. The molecule has 168 valence electrons. The Hall–Kier alpha value is -3.69. The number of aromatic hydroxyl groups is 1. The van der Waals surface area contributed by atoms with E-state index in [4.69, 9.17) is 24.1 Å². The van der Waals surface area contributed by atoms with Gasteiger partial charge in [-0.1, -0.05) is 0 Å². The van der Waals surface area contributed by atoms with Crippen molar-refractivity contribution in [1.29, 1.82) is 0 Å². The molecular formula is C21H25NO9. The summed E-state index contributed by atoms with van der Waals surface area (Å²) in [5, 5.41) is 19.8. The predicted molar refractivity (Wildman–Crippen MR) is 109 cm³/mol. The standard InChI is InChI=1S/C21H25NO9/c1-11-6-14(23)19(21(27)22(11)10-17(24)25)13(9-18(26)30-4)12-7-15(28-2)20(31-5)16(8-12)29-3/h6-8,13,23H,9-10H2,1-5H3,(H,24,25). The second-order valence-electron chi connectivity index (χ2n) is 6.66. The van der Waals surface area contributed by atoms with Crippen LogP contribution in [0.25, 0.3) is 0 Å². The summed E-state index contributed by atoms with van der Waals surface area (Å²) in [4.78, 5) is 36.5. The van der Waals surface area contributed by atoms with E-state index in [9.17, 15) is 19.5 Å². The van der Waals surface area contributed by atoms with Gasteiger partial charge in [0.15, 0.2) is 11.5 Å². The maximum Gasteiger partial charge on any atom is 0.323 e. The van der Waals surface area contributed by atoms with Crippen molar-refractivity contribution < 1.29 is 38.7 Å². The molecule has 2 aromatic rings. The van der Waals surface area contributed by atoms with Crippen LogP contribution in [0.5, 0.6) is 23.0 Å². The van der Waals surface area contributed by atoms with Gasteiger partial charge in [-0.3, -0.25) is 14.4 Å². The molecule has 0 spiro atoms. The van der Waals surface area contributed by atoms with Gasteiger partial charge in [0.25, 0.3) is 5.56 Å². The molecule has 1 aromatic carbocycles. The monoisotopic (exact) mass is 435 g/mol. The van der Waals surface area contributed by atoms with E-state index in [1.54, 1.807) is 12.1 Å². The van der Waals surface area contributed by atoms with E-state index in [1.165, 1.54) is 41.4 Å². The average molecular weight is 435 g/mol. The fourth-order valence-corrected chi connectivity index (χ4v) is 3.37. The van der Waals surface area contributed by atoms with Crippen LogP contribution in [0, 0.1) is 6.92 Å². The lowest BCUT2D eigenvalue weighted by molar-refractivity contribution is -0.141. The lowest BCUT2D eigenvalue weighted by Crippen LogP contribution is -2.31. The Balaban J connectivity index is 2.82. The third kappa shape index (κ3) is 4.90. The summed E-state index contributed by atoms with van der Waals surface area (Å²) >= 11 is 0. The molecule has 0 aliphatic rings. The molecule has 0 amide bonds. The zero-order chi connectivity index (χ0) is 23.3. The highest BCUT2D eigenvalue weighted by molar-refractivity contribution is 5.72. The number of carboxylic acid groups (broad SMARTS) is 1. The van der Waals surface area contributed by atoms with Gasteiger partial charge in [-0.05, 0) is 30.7 Å². The molecule has 1 unspecified atom stereocenters. The van der Waals surface area contributed by atoms with Crippen molar-refractivity contribution >= 4 is 11.9 Å². The molecule has 1 aromatic heterocycles. The number of methoxy groups -OCH3 is 4. The van der Waals surface area contributed by atoms with Crippen LogP contribution in [-0.2, 0) is 20.9 Å². The minimum absolute atomic E-state index is 0.147. The molecule has 0 bridgehead atoms. The van der Waals surface area contributed by atoms with Crippen LogP contribution >= 0.6 is 0 Å². The summed E-state index contributed by atoms with van der Waals surface area (Å²) in [7, 11) is 5.47. The minimum Gasteiger partial charge on any atom is -0.507 e. The van der Waals surface area contributed by atoms with E-state index in [1.807, 2.05) is 0 Å². The predicted octanol–water partition coefficient (Wildman–Crippen LogP) is 1.67. The molecule has 1 heterocycles. The second kappa shape index (κ2) is 9.88. The van der Waals surface area contributed by atoms with Gasteiger partial charge in [0.05, 0.1) is 40.4 Å². The van der Waals surface area contributed by atoms with Crippen molar-refractivity contribution in [2.24, 2.45) is 0 Å². The summed E-state index contributed by atoms with van der Waals surface area (Å²) in [5.41, 5.74) is -0.220. The van der Waals surface area contributed by atoms with E-state index in [-0.39, 0.29) is 34.9 Å². The summed E-state index contributed by atoms with van der Waals surface area (Å²) in [6.45, 7) is 0.904. The summed E-state index contributed by atoms with van der Waals surface area (Å²) in [6.07, 6.45) is -0.298. The van der Waals surface area contributed by atoms with Gasteiger partial charge in [0, 0.05) is 11.6 Å². The molecule has 0 saturated carbocycles. The van der Waals surface area contributed by atoms with Crippen LogP contribution in [0.15, 0.2) is 23.0 Å². The Labute approximate surface area is 178 Å². The smallest absolute Gasteiger partial charge is 0.323 e. The van der Waals surface area contributed by atoms with E-state index in [0.717, 1.165) is 4.57 Å². The maximum absolute atomic E-state index is 13.2. The van der Waals surface area contributed by atoms with Gasteiger partial charge in [0.1, 0.15) is 12.3 Å². The zero-order valence-corrected chi connectivity index (χ0v) is 17.9. The Kier molecular flexibility index (Phi) is 7.51. The van der Waals surface area contributed by atoms with Gasteiger partial charge >= 0.3 is 11.9 Å². The van der Waals surface area contributed by atoms with Crippen molar-refractivity contribution in [1.82, 2.24) is 4.57 Å². The van der Waals surface area contributed by atoms with Crippen molar-refractivity contribution in [3.05, 3.63) is 45.4 Å². The van der Waals surface area contributed by atoms with Crippen LogP contribution in [0.3, 0.4) is 0 Å². The number of carbonyl (C=O) groups is 2. The molecule has 10 heteroatoms.